The predicted molar refractivity (Wildman–Crippen MR) is 137 cm³/mol. The van der Waals surface area contributed by atoms with Gasteiger partial charge in [-0.2, -0.15) is 9.41 Å². The lowest BCUT2D eigenvalue weighted by molar-refractivity contribution is -0.121. The van der Waals surface area contributed by atoms with Gasteiger partial charge in [0, 0.05) is 11.6 Å². The number of halogens is 1. The number of hydrazone groups is 1. The topological polar surface area (TPSA) is 78.8 Å². The number of benzene rings is 3. The molecule has 6 nitrogen and oxygen atoms in total. The summed E-state index contributed by atoms with van der Waals surface area (Å²) in [5, 5.41) is 4.55. The van der Waals surface area contributed by atoms with Crippen LogP contribution < -0.4 is 5.43 Å². The molecule has 0 atom stereocenters. The molecule has 0 spiro atoms. The van der Waals surface area contributed by atoms with E-state index in [-0.39, 0.29) is 18.0 Å². The second-order valence-electron chi connectivity index (χ2n) is 8.33. The van der Waals surface area contributed by atoms with Gasteiger partial charge in [-0.1, -0.05) is 71.3 Å². The summed E-state index contributed by atoms with van der Waals surface area (Å²) in [6.07, 6.45) is 1.47. The second-order valence-corrected chi connectivity index (χ2v) is 10.6. The molecule has 0 heterocycles. The number of carbonyl (C=O) groups is 1. The first kappa shape index (κ1) is 25.6. The van der Waals surface area contributed by atoms with E-state index in [9.17, 15) is 13.2 Å². The van der Waals surface area contributed by atoms with Crippen LogP contribution in [0.3, 0.4) is 0 Å². The van der Waals surface area contributed by atoms with Gasteiger partial charge in [0.15, 0.2) is 0 Å². The Balaban J connectivity index is 1.86. The lowest BCUT2D eigenvalue weighted by atomic mass is 10.1. The third-order valence-corrected chi connectivity index (χ3v) is 7.62. The average molecular weight is 498 g/mol. The van der Waals surface area contributed by atoms with Crippen LogP contribution in [0.1, 0.15) is 33.4 Å². The Morgan fingerprint density at radius 2 is 1.53 bits per heavy atom. The zero-order valence-corrected chi connectivity index (χ0v) is 21.2. The lowest BCUT2D eigenvalue weighted by Gasteiger charge is -2.24. The maximum absolute atomic E-state index is 13.7. The molecule has 3 aromatic carbocycles. The van der Waals surface area contributed by atoms with Crippen LogP contribution in [0.25, 0.3) is 0 Å². The van der Waals surface area contributed by atoms with Gasteiger partial charge in [-0.05, 0) is 62.1 Å². The van der Waals surface area contributed by atoms with Gasteiger partial charge in [0.05, 0.1) is 17.7 Å². The predicted octanol–water partition coefficient (Wildman–Crippen LogP) is 4.91. The highest BCUT2D eigenvalue weighted by Gasteiger charge is 2.30. The molecular weight excluding hydrogens is 470 g/mol. The van der Waals surface area contributed by atoms with E-state index < -0.39 is 15.9 Å². The van der Waals surface area contributed by atoms with Crippen LogP contribution in [0.2, 0.25) is 5.02 Å². The van der Waals surface area contributed by atoms with E-state index in [1.54, 1.807) is 38.1 Å². The molecule has 0 aliphatic carbocycles. The van der Waals surface area contributed by atoms with Crippen LogP contribution in [0.4, 0.5) is 0 Å². The lowest BCUT2D eigenvalue weighted by Crippen LogP contribution is -2.39. The number of rotatable bonds is 8. The molecular formula is C26H28ClN3O3S. The molecule has 0 saturated carbocycles. The van der Waals surface area contributed by atoms with Crippen molar-refractivity contribution in [3.8, 4) is 0 Å². The Morgan fingerprint density at radius 3 is 2.12 bits per heavy atom. The smallest absolute Gasteiger partial charge is 0.255 e. The van der Waals surface area contributed by atoms with Crippen molar-refractivity contribution >= 4 is 33.7 Å². The van der Waals surface area contributed by atoms with Gasteiger partial charge in [0.2, 0.25) is 10.0 Å². The molecule has 0 aliphatic heterocycles. The molecule has 0 saturated heterocycles. The van der Waals surface area contributed by atoms with Gasteiger partial charge in [-0.25, -0.2) is 13.8 Å². The monoisotopic (exact) mass is 497 g/mol. The van der Waals surface area contributed by atoms with Crippen molar-refractivity contribution in [3.63, 3.8) is 0 Å². The largest absolute Gasteiger partial charge is 0.272 e. The molecule has 178 valence electrons. The first-order valence-electron chi connectivity index (χ1n) is 10.8. The van der Waals surface area contributed by atoms with Crippen molar-refractivity contribution in [3.05, 3.63) is 99.1 Å². The molecule has 0 bridgehead atoms. The number of nitrogens with one attached hydrogen (secondary N) is 1. The number of amides is 1. The Morgan fingerprint density at radius 1 is 0.941 bits per heavy atom. The number of sulfonamides is 1. The van der Waals surface area contributed by atoms with Gasteiger partial charge < -0.3 is 0 Å². The minimum atomic E-state index is -3.96. The molecule has 3 aromatic rings. The van der Waals surface area contributed by atoms with E-state index in [0.717, 1.165) is 22.3 Å². The van der Waals surface area contributed by atoms with E-state index >= 15 is 0 Å². The maximum atomic E-state index is 13.7. The highest BCUT2D eigenvalue weighted by Crippen LogP contribution is 2.26. The Labute approximate surface area is 206 Å². The normalized spacial score (nSPS) is 11.8. The minimum Gasteiger partial charge on any atom is -0.272 e. The van der Waals surface area contributed by atoms with Crippen molar-refractivity contribution in [1.82, 2.24) is 9.73 Å². The van der Waals surface area contributed by atoms with E-state index in [1.807, 2.05) is 50.2 Å². The van der Waals surface area contributed by atoms with Gasteiger partial charge in [-0.3, -0.25) is 4.79 Å². The first-order chi connectivity index (χ1) is 16.1. The van der Waals surface area contributed by atoms with Crippen LogP contribution in [0, 0.1) is 27.7 Å². The Kier molecular flexibility index (Phi) is 8.25. The molecule has 0 aliphatic rings. The molecule has 0 radical (unpaired) electrons. The minimum absolute atomic E-state index is 0.0592. The molecule has 1 amide bonds. The van der Waals surface area contributed by atoms with Gasteiger partial charge in [0.1, 0.15) is 0 Å². The molecule has 1 N–H and O–H groups in total. The van der Waals surface area contributed by atoms with Crippen molar-refractivity contribution in [2.45, 2.75) is 39.1 Å². The number of hydrogen-bond donors (Lipinski definition) is 1. The summed E-state index contributed by atoms with van der Waals surface area (Å²) < 4.78 is 28.6. The zero-order chi connectivity index (χ0) is 24.9. The fraction of sp³-hybridized carbons (Fsp3) is 0.231. The summed E-state index contributed by atoms with van der Waals surface area (Å²) in [4.78, 5) is 12.9. The van der Waals surface area contributed by atoms with Crippen LogP contribution in [-0.4, -0.2) is 31.4 Å². The van der Waals surface area contributed by atoms with E-state index in [2.05, 4.69) is 10.5 Å². The van der Waals surface area contributed by atoms with Crippen molar-refractivity contribution in [2.24, 2.45) is 5.10 Å². The number of nitrogens with zero attached hydrogens (tertiary/aromatic N) is 2. The highest BCUT2D eigenvalue weighted by molar-refractivity contribution is 7.89. The van der Waals surface area contributed by atoms with Crippen LogP contribution in [0.5, 0.6) is 0 Å². The zero-order valence-electron chi connectivity index (χ0n) is 19.7. The summed E-state index contributed by atoms with van der Waals surface area (Å²) in [6.45, 7) is 7.11. The van der Waals surface area contributed by atoms with E-state index in [1.165, 1.54) is 10.5 Å². The van der Waals surface area contributed by atoms with E-state index in [0.29, 0.717) is 16.1 Å². The quantitative estimate of drug-likeness (QED) is 0.354. The fourth-order valence-corrected chi connectivity index (χ4v) is 5.67. The number of carbonyl (C=O) groups excluding carboxylic acids is 1. The molecule has 0 unspecified atom stereocenters. The first-order valence-corrected chi connectivity index (χ1v) is 12.6. The van der Waals surface area contributed by atoms with Gasteiger partial charge >= 0.3 is 0 Å². The summed E-state index contributed by atoms with van der Waals surface area (Å²) in [7, 11) is -3.96. The number of aryl methyl sites for hydroxylation is 4. The summed E-state index contributed by atoms with van der Waals surface area (Å²) >= 11 is 5.88. The Hall–Kier alpha value is -3.00. The number of hydrogen-bond acceptors (Lipinski definition) is 4. The van der Waals surface area contributed by atoms with E-state index in [4.69, 9.17) is 11.6 Å². The van der Waals surface area contributed by atoms with Crippen LogP contribution in [0.15, 0.2) is 70.7 Å². The third kappa shape index (κ3) is 6.53. The summed E-state index contributed by atoms with van der Waals surface area (Å²) in [5.41, 5.74) is 7.30. The summed E-state index contributed by atoms with van der Waals surface area (Å²) in [5.74, 6) is -0.539. The van der Waals surface area contributed by atoms with Gasteiger partial charge in [-0.15, -0.1) is 0 Å². The highest BCUT2D eigenvalue weighted by atomic mass is 35.5. The molecule has 3 rings (SSSR count). The molecule has 0 aromatic heterocycles. The third-order valence-electron chi connectivity index (χ3n) is 5.27. The Bertz CT molecular complexity index is 1280. The molecule has 8 heteroatoms. The van der Waals surface area contributed by atoms with Crippen LogP contribution in [-0.2, 0) is 21.4 Å². The van der Waals surface area contributed by atoms with Crippen molar-refractivity contribution < 1.29 is 13.2 Å². The van der Waals surface area contributed by atoms with Crippen molar-refractivity contribution in [2.75, 3.05) is 6.54 Å². The van der Waals surface area contributed by atoms with Crippen LogP contribution >= 0.6 is 11.6 Å². The second kappa shape index (κ2) is 11.0. The fourth-order valence-electron chi connectivity index (χ4n) is 3.75. The van der Waals surface area contributed by atoms with Gasteiger partial charge in [0.25, 0.3) is 5.91 Å². The SMILES string of the molecule is Cc1ccc(CN(CC(=O)N/N=C/c2ccc(Cl)cc2)S(=O)(=O)c2c(C)cc(C)cc2C)cc1. The van der Waals surface area contributed by atoms with Crippen molar-refractivity contribution in [1.29, 1.82) is 0 Å². The summed E-state index contributed by atoms with van der Waals surface area (Å²) in [6, 6.07) is 18.2. The molecule has 34 heavy (non-hydrogen) atoms. The average Bonchev–Trinajstić information content (AvgIpc) is 2.75. The molecule has 0 fully saturated rings. The standard InChI is InChI=1S/C26H28ClN3O3S/c1-18-5-7-23(8-6-18)16-30(34(32,33)26-20(3)13-19(2)14-21(26)4)17-25(31)29-28-15-22-9-11-24(27)12-10-22/h5-15H,16-17H2,1-4H3,(H,29,31)/b28-15+. The maximum Gasteiger partial charge on any atom is 0.255 e.